The van der Waals surface area contributed by atoms with Crippen molar-refractivity contribution in [1.29, 1.82) is 0 Å². The third kappa shape index (κ3) is 11.3. The monoisotopic (exact) mass is 336 g/mol. The molecule has 0 amide bonds. The zero-order chi connectivity index (χ0) is 17.3. The van der Waals surface area contributed by atoms with Crippen LogP contribution in [0.4, 0.5) is 0 Å². The summed E-state index contributed by atoms with van der Waals surface area (Å²) in [5.74, 6) is -0.0601. The van der Waals surface area contributed by atoms with Gasteiger partial charge in [0, 0.05) is 0 Å². The van der Waals surface area contributed by atoms with Crippen molar-refractivity contribution in [3.05, 3.63) is 24.2 Å². The molecule has 0 N–H and O–H groups in total. The van der Waals surface area contributed by atoms with E-state index in [-0.39, 0.29) is 5.97 Å². The van der Waals surface area contributed by atoms with Gasteiger partial charge in [0.25, 0.3) is 0 Å². The molecule has 0 bridgehead atoms. The van der Waals surface area contributed by atoms with Gasteiger partial charge in [-0.2, -0.15) is 0 Å². The third-order valence-corrected chi connectivity index (χ3v) is 4.45. The van der Waals surface area contributed by atoms with Gasteiger partial charge in [-0.05, 0) is 18.6 Å². The minimum atomic E-state index is -0.352. The van der Waals surface area contributed by atoms with Gasteiger partial charge < -0.3 is 9.15 Å². The van der Waals surface area contributed by atoms with Crippen molar-refractivity contribution in [1.82, 2.24) is 0 Å². The summed E-state index contributed by atoms with van der Waals surface area (Å²) in [5, 5.41) is 0. The number of carbonyl (C=O) groups excluding carboxylic acids is 1. The van der Waals surface area contributed by atoms with Crippen LogP contribution < -0.4 is 0 Å². The number of hydrogen-bond donors (Lipinski definition) is 0. The number of rotatable bonds is 16. The van der Waals surface area contributed by atoms with Crippen LogP contribution in [0.1, 0.15) is 107 Å². The summed E-state index contributed by atoms with van der Waals surface area (Å²) in [7, 11) is 0. The first kappa shape index (κ1) is 20.8. The van der Waals surface area contributed by atoms with Crippen LogP contribution in [-0.4, -0.2) is 12.6 Å². The Morgan fingerprint density at radius 3 is 1.79 bits per heavy atom. The van der Waals surface area contributed by atoms with Crippen LogP contribution in [0.25, 0.3) is 0 Å². The number of unbranched alkanes of at least 4 members (excludes halogenated alkanes) is 13. The third-order valence-electron chi connectivity index (χ3n) is 4.45. The van der Waals surface area contributed by atoms with Crippen LogP contribution >= 0.6 is 0 Å². The van der Waals surface area contributed by atoms with Crippen LogP contribution in [0, 0.1) is 0 Å². The van der Waals surface area contributed by atoms with Gasteiger partial charge in [0.1, 0.15) is 0 Å². The summed E-state index contributed by atoms with van der Waals surface area (Å²) >= 11 is 0. The van der Waals surface area contributed by atoms with Crippen LogP contribution in [0.5, 0.6) is 0 Å². The van der Waals surface area contributed by atoms with E-state index in [1.807, 2.05) is 0 Å². The Labute approximate surface area is 148 Å². The lowest BCUT2D eigenvalue weighted by Crippen LogP contribution is -2.05. The molecule has 0 aliphatic heterocycles. The molecule has 3 nitrogen and oxygen atoms in total. The fourth-order valence-corrected chi connectivity index (χ4v) is 2.93. The maximum absolute atomic E-state index is 11.5. The van der Waals surface area contributed by atoms with Crippen molar-refractivity contribution in [2.45, 2.75) is 96.8 Å². The fourth-order valence-electron chi connectivity index (χ4n) is 2.93. The molecule has 0 unspecified atom stereocenters. The van der Waals surface area contributed by atoms with E-state index in [0.29, 0.717) is 12.4 Å². The Bertz CT molecular complexity index is 384. The minimum absolute atomic E-state index is 0.292. The highest BCUT2D eigenvalue weighted by Gasteiger charge is 2.08. The molecule has 0 saturated carbocycles. The number of furan rings is 1. The first-order valence-corrected chi connectivity index (χ1v) is 10.0. The summed E-state index contributed by atoms with van der Waals surface area (Å²) in [6, 6.07) is 3.33. The Balaban J connectivity index is 1.74. The lowest BCUT2D eigenvalue weighted by molar-refractivity contribution is 0.0461. The number of hydrogen-bond acceptors (Lipinski definition) is 3. The molecule has 1 rings (SSSR count). The highest BCUT2D eigenvalue weighted by molar-refractivity contribution is 5.86. The van der Waals surface area contributed by atoms with Crippen molar-refractivity contribution in [2.75, 3.05) is 6.61 Å². The van der Waals surface area contributed by atoms with E-state index in [1.54, 1.807) is 12.1 Å². The average molecular weight is 337 g/mol. The Kier molecular flexibility index (Phi) is 13.2. The van der Waals surface area contributed by atoms with Gasteiger partial charge in [-0.15, -0.1) is 0 Å². The van der Waals surface area contributed by atoms with Crippen LogP contribution in [0.3, 0.4) is 0 Å². The SMILES string of the molecule is CCCCCCCCCCCCCCCCOC(=O)c1ccco1. The molecular formula is C21H36O3. The molecular weight excluding hydrogens is 300 g/mol. The summed E-state index contributed by atoms with van der Waals surface area (Å²) < 4.78 is 10.2. The Morgan fingerprint density at radius 1 is 0.833 bits per heavy atom. The highest BCUT2D eigenvalue weighted by atomic mass is 16.5. The van der Waals surface area contributed by atoms with E-state index in [2.05, 4.69) is 6.92 Å². The molecule has 1 aromatic rings. The number of esters is 1. The lowest BCUT2D eigenvalue weighted by Gasteiger charge is -2.04. The number of carbonyl (C=O) groups is 1. The zero-order valence-corrected chi connectivity index (χ0v) is 15.6. The zero-order valence-electron chi connectivity index (χ0n) is 15.6. The van der Waals surface area contributed by atoms with Gasteiger partial charge in [0.05, 0.1) is 12.9 Å². The van der Waals surface area contributed by atoms with Crippen molar-refractivity contribution < 1.29 is 13.9 Å². The molecule has 0 aromatic carbocycles. The molecule has 0 atom stereocenters. The van der Waals surface area contributed by atoms with Crippen molar-refractivity contribution in [3.63, 3.8) is 0 Å². The largest absolute Gasteiger partial charge is 0.460 e. The van der Waals surface area contributed by atoms with Gasteiger partial charge in [-0.25, -0.2) is 4.79 Å². The van der Waals surface area contributed by atoms with Crippen molar-refractivity contribution in [2.24, 2.45) is 0 Å². The molecule has 0 aliphatic carbocycles. The maximum atomic E-state index is 11.5. The van der Waals surface area contributed by atoms with Crippen LogP contribution in [0.2, 0.25) is 0 Å². The second-order valence-corrected chi connectivity index (χ2v) is 6.71. The molecule has 24 heavy (non-hydrogen) atoms. The first-order chi connectivity index (χ1) is 11.8. The second kappa shape index (κ2) is 15.3. The molecule has 138 valence electrons. The molecule has 0 radical (unpaired) electrons. The molecule has 0 fully saturated rings. The molecule has 1 aromatic heterocycles. The highest BCUT2D eigenvalue weighted by Crippen LogP contribution is 2.13. The predicted molar refractivity (Wildman–Crippen MR) is 99.3 cm³/mol. The first-order valence-electron chi connectivity index (χ1n) is 10.0. The molecule has 0 saturated heterocycles. The van der Waals surface area contributed by atoms with Crippen molar-refractivity contribution >= 4 is 5.97 Å². The molecule has 1 heterocycles. The van der Waals surface area contributed by atoms with Gasteiger partial charge in [0.15, 0.2) is 0 Å². The summed E-state index contributed by atoms with van der Waals surface area (Å²) in [6.45, 7) is 2.77. The quantitative estimate of drug-likeness (QED) is 0.243. The van der Waals surface area contributed by atoms with Gasteiger partial charge in [-0.3, -0.25) is 0 Å². The van der Waals surface area contributed by atoms with Crippen molar-refractivity contribution in [3.8, 4) is 0 Å². The van der Waals surface area contributed by atoms with E-state index in [4.69, 9.17) is 9.15 Å². The van der Waals surface area contributed by atoms with E-state index in [0.717, 1.165) is 12.8 Å². The number of ether oxygens (including phenoxy) is 1. The van der Waals surface area contributed by atoms with E-state index < -0.39 is 0 Å². The fraction of sp³-hybridized carbons (Fsp3) is 0.762. The van der Waals surface area contributed by atoms with Gasteiger partial charge in [-0.1, -0.05) is 90.4 Å². The van der Waals surface area contributed by atoms with E-state index in [1.165, 1.54) is 83.3 Å². The van der Waals surface area contributed by atoms with E-state index in [9.17, 15) is 4.79 Å². The average Bonchev–Trinajstić information content (AvgIpc) is 3.13. The summed E-state index contributed by atoms with van der Waals surface area (Å²) in [4.78, 5) is 11.5. The molecule has 3 heteroatoms. The predicted octanol–water partition coefficient (Wildman–Crippen LogP) is 6.92. The summed E-state index contributed by atoms with van der Waals surface area (Å²) in [6.07, 6.45) is 20.1. The summed E-state index contributed by atoms with van der Waals surface area (Å²) in [5.41, 5.74) is 0. The van der Waals surface area contributed by atoms with E-state index >= 15 is 0 Å². The van der Waals surface area contributed by atoms with Gasteiger partial charge >= 0.3 is 5.97 Å². The Morgan fingerprint density at radius 2 is 1.33 bits per heavy atom. The lowest BCUT2D eigenvalue weighted by atomic mass is 10.0. The normalized spacial score (nSPS) is 10.9. The Hall–Kier alpha value is -1.25. The smallest absolute Gasteiger partial charge is 0.374 e. The van der Waals surface area contributed by atoms with Crippen LogP contribution in [-0.2, 0) is 4.74 Å². The topological polar surface area (TPSA) is 39.4 Å². The second-order valence-electron chi connectivity index (χ2n) is 6.71. The van der Waals surface area contributed by atoms with Gasteiger partial charge in [0.2, 0.25) is 5.76 Å². The maximum Gasteiger partial charge on any atom is 0.374 e. The van der Waals surface area contributed by atoms with Crippen LogP contribution in [0.15, 0.2) is 22.8 Å². The molecule has 0 spiro atoms. The minimum Gasteiger partial charge on any atom is -0.460 e. The molecule has 0 aliphatic rings. The standard InChI is InChI=1S/C21H36O3/c1-2-3-4-5-6-7-8-9-10-11-12-13-14-15-18-24-21(22)20-17-16-19-23-20/h16-17,19H,2-15,18H2,1H3.